The van der Waals surface area contributed by atoms with Gasteiger partial charge in [0.15, 0.2) is 5.60 Å². The predicted octanol–water partition coefficient (Wildman–Crippen LogP) is 3.12. The van der Waals surface area contributed by atoms with Gasteiger partial charge in [-0.3, -0.25) is 0 Å². The molecule has 1 aromatic carbocycles. The number of nitrogens with one attached hydrogen (secondary N) is 1. The summed E-state index contributed by atoms with van der Waals surface area (Å²) in [6.07, 6.45) is -4.48. The number of hydrogen-bond donors (Lipinski definition) is 2. The smallest absolute Gasteiger partial charge is 0.376 e. The maximum atomic E-state index is 13.2. The van der Waals surface area contributed by atoms with Crippen molar-refractivity contribution < 1.29 is 35.1 Å². The van der Waals surface area contributed by atoms with Gasteiger partial charge in [0.05, 0.1) is 11.3 Å². The summed E-state index contributed by atoms with van der Waals surface area (Å²) in [6.45, 7) is 4.16. The predicted molar refractivity (Wildman–Crippen MR) is 133 cm³/mol. The van der Waals surface area contributed by atoms with Gasteiger partial charge in [-0.1, -0.05) is 25.1 Å². The average Bonchev–Trinajstić information content (AvgIpc) is 3.37. The number of hydrogen-bond acceptors (Lipinski definition) is 7. The lowest BCUT2D eigenvalue weighted by molar-refractivity contribution is -0.258. The second-order valence-corrected chi connectivity index (χ2v) is 14.2. The molecular weight excluding hydrogens is 539 g/mol. The molecule has 0 bridgehead atoms. The number of nitrogens with zero attached hydrogens (tertiary/aromatic N) is 2. The van der Waals surface area contributed by atoms with Crippen molar-refractivity contribution >= 4 is 37.1 Å². The lowest BCUT2D eigenvalue weighted by Crippen LogP contribution is -2.58. The van der Waals surface area contributed by atoms with Crippen molar-refractivity contribution in [1.82, 2.24) is 9.03 Å². The fourth-order valence-electron chi connectivity index (χ4n) is 3.81. The highest BCUT2D eigenvalue weighted by Crippen LogP contribution is 2.39. The van der Waals surface area contributed by atoms with Crippen LogP contribution in [0.2, 0.25) is 0 Å². The standard InChI is InChI=1S/C22H30F3N3O5S3/c1-4-16(2)35(30,31)26-14-19-15-27(36(32,33)20-6-5-13-34-20)11-12-28(19)18-9-7-17(8-10-18)21(3,29)22(23,24)25/h5-10,13,16,19,26,29H,4,11-12,14-15H2,1-3H3/t16-,19+,21-/m1/s1. The van der Waals surface area contributed by atoms with Gasteiger partial charge in [0, 0.05) is 31.9 Å². The highest BCUT2D eigenvalue weighted by atomic mass is 32.2. The van der Waals surface area contributed by atoms with E-state index in [1.54, 1.807) is 30.2 Å². The minimum Gasteiger partial charge on any atom is -0.376 e. The van der Waals surface area contributed by atoms with Gasteiger partial charge in [0.25, 0.3) is 10.0 Å². The Balaban J connectivity index is 1.89. The lowest BCUT2D eigenvalue weighted by Gasteiger charge is -2.42. The van der Waals surface area contributed by atoms with Gasteiger partial charge in [0.2, 0.25) is 10.0 Å². The van der Waals surface area contributed by atoms with E-state index in [-0.39, 0.29) is 36.0 Å². The highest BCUT2D eigenvalue weighted by Gasteiger charge is 2.51. The Morgan fingerprint density at radius 2 is 1.78 bits per heavy atom. The molecule has 0 aliphatic carbocycles. The summed E-state index contributed by atoms with van der Waals surface area (Å²) in [4.78, 5) is 1.77. The molecule has 2 heterocycles. The second-order valence-electron chi connectivity index (χ2n) is 8.87. The zero-order chi connectivity index (χ0) is 26.9. The van der Waals surface area contributed by atoms with Crippen LogP contribution in [0.1, 0.15) is 32.8 Å². The van der Waals surface area contributed by atoms with E-state index < -0.39 is 43.1 Å². The molecule has 2 N–H and O–H groups in total. The first-order valence-electron chi connectivity index (χ1n) is 11.3. The zero-order valence-electron chi connectivity index (χ0n) is 20.1. The van der Waals surface area contributed by atoms with Crippen LogP contribution in [0.4, 0.5) is 18.9 Å². The van der Waals surface area contributed by atoms with Crippen LogP contribution in [0.5, 0.6) is 0 Å². The molecule has 0 unspecified atom stereocenters. The average molecular weight is 570 g/mol. The van der Waals surface area contributed by atoms with E-state index in [1.807, 2.05) is 0 Å². The van der Waals surface area contributed by atoms with Crippen LogP contribution in [0.3, 0.4) is 0 Å². The van der Waals surface area contributed by atoms with Gasteiger partial charge in [0.1, 0.15) is 4.21 Å². The first-order valence-corrected chi connectivity index (χ1v) is 15.2. The van der Waals surface area contributed by atoms with Crippen molar-refractivity contribution in [2.45, 2.75) is 54.5 Å². The molecule has 36 heavy (non-hydrogen) atoms. The summed E-state index contributed by atoms with van der Waals surface area (Å²) in [5, 5.41) is 11.0. The molecule has 8 nitrogen and oxygen atoms in total. The number of aliphatic hydroxyl groups is 1. The number of sulfonamides is 2. The Bertz CT molecular complexity index is 1230. The van der Waals surface area contributed by atoms with Gasteiger partial charge in [-0.15, -0.1) is 11.3 Å². The maximum absolute atomic E-state index is 13.2. The van der Waals surface area contributed by atoms with E-state index in [0.717, 1.165) is 23.5 Å². The molecule has 0 amide bonds. The number of halogens is 3. The topological polar surface area (TPSA) is 107 Å². The molecule has 2 aromatic rings. The van der Waals surface area contributed by atoms with Crippen LogP contribution in [-0.2, 0) is 25.6 Å². The minimum atomic E-state index is -4.87. The van der Waals surface area contributed by atoms with Gasteiger partial charge in [-0.25, -0.2) is 21.6 Å². The van der Waals surface area contributed by atoms with Crippen LogP contribution in [0.25, 0.3) is 0 Å². The fourth-order valence-corrected chi connectivity index (χ4v) is 7.57. The summed E-state index contributed by atoms with van der Waals surface area (Å²) in [5.74, 6) is 0. The molecule has 1 saturated heterocycles. The highest BCUT2D eigenvalue weighted by molar-refractivity contribution is 7.91. The number of anilines is 1. The Morgan fingerprint density at radius 1 is 1.14 bits per heavy atom. The zero-order valence-corrected chi connectivity index (χ0v) is 22.5. The van der Waals surface area contributed by atoms with E-state index in [2.05, 4.69) is 4.72 Å². The van der Waals surface area contributed by atoms with E-state index in [4.69, 9.17) is 0 Å². The quantitative estimate of drug-likeness (QED) is 0.481. The normalized spacial score (nSPS) is 20.8. The van der Waals surface area contributed by atoms with Crippen LogP contribution in [-0.4, -0.2) is 69.9 Å². The van der Waals surface area contributed by atoms with Crippen LogP contribution in [0.15, 0.2) is 46.0 Å². The van der Waals surface area contributed by atoms with Gasteiger partial charge >= 0.3 is 6.18 Å². The molecule has 0 radical (unpaired) electrons. The SMILES string of the molecule is CC[C@@H](C)S(=O)(=O)NC[C@H]1CN(S(=O)(=O)c2cccs2)CCN1c1ccc([C@@](C)(O)C(F)(F)F)cc1. The monoisotopic (exact) mass is 569 g/mol. The number of piperazine rings is 1. The first-order chi connectivity index (χ1) is 16.6. The third-order valence-electron chi connectivity index (χ3n) is 6.47. The van der Waals surface area contributed by atoms with Crippen LogP contribution < -0.4 is 9.62 Å². The summed E-state index contributed by atoms with van der Waals surface area (Å²) in [6, 6.07) is 7.66. The molecule has 1 fully saturated rings. The van der Waals surface area contributed by atoms with Crippen molar-refractivity contribution in [1.29, 1.82) is 0 Å². The summed E-state index contributed by atoms with van der Waals surface area (Å²) in [5.41, 5.74) is -2.89. The van der Waals surface area contributed by atoms with Crippen molar-refractivity contribution in [3.63, 3.8) is 0 Å². The Morgan fingerprint density at radius 3 is 2.31 bits per heavy atom. The molecule has 0 spiro atoms. The van der Waals surface area contributed by atoms with E-state index in [1.165, 1.54) is 22.5 Å². The van der Waals surface area contributed by atoms with Crippen LogP contribution >= 0.6 is 11.3 Å². The molecule has 14 heteroatoms. The van der Waals surface area contributed by atoms with Crippen molar-refractivity contribution in [2.24, 2.45) is 0 Å². The molecule has 1 aromatic heterocycles. The Hall–Kier alpha value is -1.71. The van der Waals surface area contributed by atoms with Crippen molar-refractivity contribution in [3.05, 3.63) is 47.3 Å². The Kier molecular flexibility index (Phi) is 8.48. The lowest BCUT2D eigenvalue weighted by atomic mass is 9.95. The molecular formula is C22H30F3N3O5S3. The third-order valence-corrected chi connectivity index (χ3v) is 11.7. The van der Waals surface area contributed by atoms with Crippen molar-refractivity contribution in [2.75, 3.05) is 31.1 Å². The summed E-state index contributed by atoms with van der Waals surface area (Å²) < 4.78 is 95.0. The summed E-state index contributed by atoms with van der Waals surface area (Å²) >= 11 is 1.08. The molecule has 1 aliphatic rings. The molecule has 3 rings (SSSR count). The van der Waals surface area contributed by atoms with Gasteiger partial charge < -0.3 is 10.0 Å². The number of alkyl halides is 3. The fraction of sp³-hybridized carbons (Fsp3) is 0.545. The number of benzene rings is 1. The Labute approximate surface area is 213 Å². The van der Waals surface area contributed by atoms with Crippen LogP contribution in [0, 0.1) is 0 Å². The second kappa shape index (κ2) is 10.6. The van der Waals surface area contributed by atoms with Gasteiger partial charge in [-0.05, 0) is 49.4 Å². The maximum Gasteiger partial charge on any atom is 0.421 e. The third kappa shape index (κ3) is 5.89. The molecule has 0 saturated carbocycles. The van der Waals surface area contributed by atoms with Gasteiger partial charge in [-0.2, -0.15) is 17.5 Å². The van der Waals surface area contributed by atoms with E-state index in [0.29, 0.717) is 19.0 Å². The van der Waals surface area contributed by atoms with E-state index in [9.17, 15) is 35.1 Å². The number of rotatable bonds is 9. The van der Waals surface area contributed by atoms with Crippen molar-refractivity contribution in [3.8, 4) is 0 Å². The number of thiophene rings is 1. The van der Waals surface area contributed by atoms with E-state index >= 15 is 0 Å². The molecule has 1 aliphatic heterocycles. The molecule has 202 valence electrons. The largest absolute Gasteiger partial charge is 0.421 e. The minimum absolute atomic E-state index is 0.0225. The molecule has 3 atom stereocenters. The first kappa shape index (κ1) is 28.9. The summed E-state index contributed by atoms with van der Waals surface area (Å²) in [7, 11) is -7.44.